The predicted octanol–water partition coefficient (Wildman–Crippen LogP) is 2.05. The lowest BCUT2D eigenvalue weighted by molar-refractivity contribution is -0.384. The first-order chi connectivity index (χ1) is 9.37. The van der Waals surface area contributed by atoms with Crippen LogP contribution in [0.3, 0.4) is 0 Å². The molecule has 110 valence electrons. The van der Waals surface area contributed by atoms with Crippen molar-refractivity contribution in [1.82, 2.24) is 5.32 Å². The minimum atomic E-state index is -0.409. The number of hydrogen-bond donors (Lipinski definition) is 1. The molecule has 1 aliphatic rings. The molecule has 1 aromatic rings. The Hall–Kier alpha value is -1.66. The largest absolute Gasteiger partial charge is 0.491 e. The number of benzene rings is 1. The van der Waals surface area contributed by atoms with Crippen LogP contribution in [0.5, 0.6) is 5.75 Å². The Morgan fingerprint density at radius 2 is 2.30 bits per heavy atom. The van der Waals surface area contributed by atoms with Crippen LogP contribution in [0.4, 0.5) is 5.69 Å². The van der Waals surface area contributed by atoms with Crippen molar-refractivity contribution < 1.29 is 14.4 Å². The molecule has 1 aliphatic heterocycles. The van der Waals surface area contributed by atoms with Gasteiger partial charge in [0.2, 0.25) is 0 Å². The summed E-state index contributed by atoms with van der Waals surface area (Å²) in [6, 6.07) is 4.60. The van der Waals surface area contributed by atoms with Crippen LogP contribution in [-0.2, 0) is 4.74 Å². The first-order valence-corrected chi connectivity index (χ1v) is 6.64. The maximum Gasteiger partial charge on any atom is 0.269 e. The topological polar surface area (TPSA) is 73.6 Å². The van der Waals surface area contributed by atoms with E-state index in [1.165, 1.54) is 12.1 Å². The minimum absolute atomic E-state index is 0.0201. The van der Waals surface area contributed by atoms with E-state index in [0.717, 1.165) is 18.7 Å². The van der Waals surface area contributed by atoms with Crippen molar-refractivity contribution in [1.29, 1.82) is 0 Å². The number of aryl methyl sites for hydroxylation is 1. The van der Waals surface area contributed by atoms with E-state index in [9.17, 15) is 10.1 Å². The van der Waals surface area contributed by atoms with Crippen LogP contribution in [-0.4, -0.2) is 36.3 Å². The summed E-state index contributed by atoms with van der Waals surface area (Å²) in [5, 5.41) is 14.0. The van der Waals surface area contributed by atoms with Gasteiger partial charge in [0.25, 0.3) is 5.69 Å². The molecule has 6 nitrogen and oxygen atoms in total. The first-order valence-electron chi connectivity index (χ1n) is 6.64. The number of non-ortho nitro benzene ring substituents is 1. The lowest BCUT2D eigenvalue weighted by atomic mass is 10.1. The fourth-order valence-electron chi connectivity index (χ4n) is 2.25. The highest BCUT2D eigenvalue weighted by Crippen LogP contribution is 2.24. The zero-order valence-corrected chi connectivity index (χ0v) is 12.0. The van der Waals surface area contributed by atoms with Gasteiger partial charge in [-0.25, -0.2) is 0 Å². The maximum atomic E-state index is 10.7. The average Bonchev–Trinajstić information content (AvgIpc) is 2.36. The van der Waals surface area contributed by atoms with Gasteiger partial charge in [0.15, 0.2) is 0 Å². The number of ether oxygens (including phenoxy) is 2. The van der Waals surface area contributed by atoms with Gasteiger partial charge in [0.05, 0.1) is 10.5 Å². The Morgan fingerprint density at radius 1 is 1.55 bits per heavy atom. The molecule has 1 atom stereocenters. The Labute approximate surface area is 118 Å². The fourth-order valence-corrected chi connectivity index (χ4v) is 2.25. The molecule has 6 heteroatoms. The zero-order chi connectivity index (χ0) is 14.8. The van der Waals surface area contributed by atoms with Crippen molar-refractivity contribution in [3.05, 3.63) is 33.9 Å². The van der Waals surface area contributed by atoms with E-state index in [1.54, 1.807) is 13.0 Å². The normalized spacial score (nSPS) is 21.4. The van der Waals surface area contributed by atoms with E-state index < -0.39 is 4.92 Å². The fraction of sp³-hybridized carbons (Fsp3) is 0.571. The van der Waals surface area contributed by atoms with E-state index in [0.29, 0.717) is 12.4 Å². The molecule has 1 heterocycles. The molecular formula is C14H20N2O4. The number of nitro benzene ring substituents is 1. The van der Waals surface area contributed by atoms with Crippen LogP contribution in [0.1, 0.15) is 19.4 Å². The van der Waals surface area contributed by atoms with Crippen molar-refractivity contribution in [2.75, 3.05) is 19.7 Å². The second-order valence-electron chi connectivity index (χ2n) is 5.65. The number of nitrogens with one attached hydrogen (secondary N) is 1. The van der Waals surface area contributed by atoms with Gasteiger partial charge in [-0.2, -0.15) is 0 Å². The minimum Gasteiger partial charge on any atom is -0.491 e. The lowest BCUT2D eigenvalue weighted by Gasteiger charge is -2.36. The summed E-state index contributed by atoms with van der Waals surface area (Å²) in [5.41, 5.74) is 0.630. The van der Waals surface area contributed by atoms with Gasteiger partial charge in [-0.1, -0.05) is 0 Å². The Bertz CT molecular complexity index is 502. The molecule has 0 saturated carbocycles. The molecule has 0 spiro atoms. The highest BCUT2D eigenvalue weighted by molar-refractivity contribution is 5.42. The molecule has 0 aliphatic carbocycles. The molecule has 1 saturated heterocycles. The predicted molar refractivity (Wildman–Crippen MR) is 75.2 cm³/mol. The number of nitrogens with zero attached hydrogens (tertiary/aromatic N) is 1. The Morgan fingerprint density at radius 3 is 2.90 bits per heavy atom. The van der Waals surface area contributed by atoms with Gasteiger partial charge in [0.1, 0.15) is 18.5 Å². The van der Waals surface area contributed by atoms with Crippen LogP contribution in [0.25, 0.3) is 0 Å². The summed E-state index contributed by atoms with van der Waals surface area (Å²) in [7, 11) is 0. The van der Waals surface area contributed by atoms with Crippen molar-refractivity contribution >= 4 is 5.69 Å². The third-order valence-electron chi connectivity index (χ3n) is 3.20. The molecule has 2 rings (SSSR count). The standard InChI is InChI=1S/C14H20N2O4/c1-10-6-11(16(17)18)4-5-13(10)19-8-12-7-15-9-14(2,3)20-12/h4-6,12,15H,7-9H2,1-3H3. The number of morpholine rings is 1. The monoisotopic (exact) mass is 280 g/mol. The highest BCUT2D eigenvalue weighted by atomic mass is 16.6. The van der Waals surface area contributed by atoms with Crippen molar-refractivity contribution in [3.63, 3.8) is 0 Å². The summed E-state index contributed by atoms with van der Waals surface area (Å²) < 4.78 is 11.6. The second kappa shape index (κ2) is 5.76. The van der Waals surface area contributed by atoms with Crippen LogP contribution >= 0.6 is 0 Å². The van der Waals surface area contributed by atoms with Crippen LogP contribution in [0.2, 0.25) is 0 Å². The van der Waals surface area contributed by atoms with Crippen LogP contribution in [0, 0.1) is 17.0 Å². The van der Waals surface area contributed by atoms with Crippen molar-refractivity contribution in [2.45, 2.75) is 32.5 Å². The lowest BCUT2D eigenvalue weighted by Crippen LogP contribution is -2.52. The third-order valence-corrected chi connectivity index (χ3v) is 3.20. The average molecular weight is 280 g/mol. The van der Waals surface area contributed by atoms with Gasteiger partial charge in [-0.3, -0.25) is 10.1 Å². The van der Waals surface area contributed by atoms with Gasteiger partial charge in [0, 0.05) is 25.2 Å². The number of rotatable bonds is 4. The van der Waals surface area contributed by atoms with Crippen LogP contribution < -0.4 is 10.1 Å². The van der Waals surface area contributed by atoms with Gasteiger partial charge < -0.3 is 14.8 Å². The molecule has 0 radical (unpaired) electrons. The van der Waals surface area contributed by atoms with E-state index in [4.69, 9.17) is 9.47 Å². The van der Waals surface area contributed by atoms with Crippen molar-refractivity contribution in [3.8, 4) is 5.75 Å². The summed E-state index contributed by atoms with van der Waals surface area (Å²) in [4.78, 5) is 10.3. The Kier molecular flexibility index (Phi) is 4.25. The Balaban J connectivity index is 1.95. The molecular weight excluding hydrogens is 260 g/mol. The molecule has 0 amide bonds. The molecule has 1 N–H and O–H groups in total. The van der Waals surface area contributed by atoms with Gasteiger partial charge >= 0.3 is 0 Å². The maximum absolute atomic E-state index is 10.7. The summed E-state index contributed by atoms with van der Waals surface area (Å²) in [6.45, 7) is 7.85. The first kappa shape index (κ1) is 14.7. The summed E-state index contributed by atoms with van der Waals surface area (Å²) in [6.07, 6.45) is -0.0201. The molecule has 20 heavy (non-hydrogen) atoms. The number of hydrogen-bond acceptors (Lipinski definition) is 5. The van der Waals surface area contributed by atoms with Crippen LogP contribution in [0.15, 0.2) is 18.2 Å². The highest BCUT2D eigenvalue weighted by Gasteiger charge is 2.28. The quantitative estimate of drug-likeness (QED) is 0.675. The van der Waals surface area contributed by atoms with E-state index >= 15 is 0 Å². The van der Waals surface area contributed by atoms with Crippen molar-refractivity contribution in [2.24, 2.45) is 0 Å². The second-order valence-corrected chi connectivity index (χ2v) is 5.65. The zero-order valence-electron chi connectivity index (χ0n) is 12.0. The SMILES string of the molecule is Cc1cc([N+](=O)[O-])ccc1OCC1CNCC(C)(C)O1. The van der Waals surface area contributed by atoms with E-state index in [-0.39, 0.29) is 17.4 Å². The van der Waals surface area contributed by atoms with Gasteiger partial charge in [-0.15, -0.1) is 0 Å². The van der Waals surface area contributed by atoms with E-state index in [2.05, 4.69) is 5.32 Å². The molecule has 1 aromatic carbocycles. The van der Waals surface area contributed by atoms with E-state index in [1.807, 2.05) is 13.8 Å². The molecule has 0 aromatic heterocycles. The van der Waals surface area contributed by atoms with Gasteiger partial charge in [-0.05, 0) is 32.4 Å². The third kappa shape index (κ3) is 3.68. The summed E-state index contributed by atoms with van der Waals surface area (Å²) >= 11 is 0. The number of nitro groups is 1. The molecule has 0 bridgehead atoms. The molecule has 1 fully saturated rings. The smallest absolute Gasteiger partial charge is 0.269 e. The molecule has 1 unspecified atom stereocenters. The summed E-state index contributed by atoms with van der Waals surface area (Å²) in [5.74, 6) is 0.655.